The molecule has 0 saturated heterocycles. The molecule has 0 aliphatic heterocycles. The number of hydrogen-bond acceptors (Lipinski definition) is 4. The van der Waals surface area contributed by atoms with Gasteiger partial charge in [0.15, 0.2) is 0 Å². The highest BCUT2D eigenvalue weighted by Gasteiger charge is 2.35. The first kappa shape index (κ1) is 28.1. The van der Waals surface area contributed by atoms with Crippen LogP contribution < -0.4 is 15.4 Å². The fraction of sp³-hybridized carbons (Fsp3) is 0.265. The Morgan fingerprint density at radius 3 is 1.90 bits per heavy atom. The van der Waals surface area contributed by atoms with Crippen molar-refractivity contribution in [3.05, 3.63) is 131 Å². The summed E-state index contributed by atoms with van der Waals surface area (Å²) in [4.78, 5) is 12.7. The van der Waals surface area contributed by atoms with Crippen molar-refractivity contribution in [1.29, 1.82) is 0 Å². The second kappa shape index (κ2) is 13.7. The van der Waals surface area contributed by atoms with Crippen molar-refractivity contribution in [2.24, 2.45) is 5.92 Å². The number of unbranched alkanes of at least 4 members (excludes halogenated alkanes) is 1. The summed E-state index contributed by atoms with van der Waals surface area (Å²) in [6, 6.07) is 36.7. The van der Waals surface area contributed by atoms with Crippen LogP contribution in [0.5, 0.6) is 5.75 Å². The molecule has 0 spiro atoms. The molecule has 0 aliphatic carbocycles. The van der Waals surface area contributed by atoms with Crippen molar-refractivity contribution >= 4 is 11.6 Å². The standard InChI is InChI=1S/C34H38N2O3/c1-26(33(38)36-31-20-16-27(25-37)17-21-31)11-9-10-24-35-34(28-12-5-3-6-13-28,29-14-7-4-8-15-29)30-18-22-32(39-2)23-19-30/h3-8,12-23,26,35,37H,9-11,24-25H2,1-2H3,(H,36,38)/t26-/m0/s1. The molecule has 39 heavy (non-hydrogen) atoms. The van der Waals surface area contributed by atoms with Gasteiger partial charge in [0.1, 0.15) is 5.75 Å². The van der Waals surface area contributed by atoms with Crippen LogP contribution in [0, 0.1) is 5.92 Å². The quantitative estimate of drug-likeness (QED) is 0.138. The Kier molecular flexibility index (Phi) is 9.90. The minimum Gasteiger partial charge on any atom is -0.497 e. The van der Waals surface area contributed by atoms with Crippen LogP contribution in [0.2, 0.25) is 0 Å². The Balaban J connectivity index is 1.45. The lowest BCUT2D eigenvalue weighted by Gasteiger charge is -2.37. The third kappa shape index (κ3) is 6.94. The summed E-state index contributed by atoms with van der Waals surface area (Å²) < 4.78 is 5.43. The first-order chi connectivity index (χ1) is 19.1. The molecule has 5 nitrogen and oxygen atoms in total. The number of carbonyl (C=O) groups is 1. The van der Waals surface area contributed by atoms with Gasteiger partial charge in [0.2, 0.25) is 5.91 Å². The lowest BCUT2D eigenvalue weighted by molar-refractivity contribution is -0.119. The van der Waals surface area contributed by atoms with E-state index in [0.29, 0.717) is 0 Å². The second-order valence-corrected chi connectivity index (χ2v) is 9.88. The zero-order chi connectivity index (χ0) is 27.5. The number of benzene rings is 4. The molecule has 0 bridgehead atoms. The molecule has 0 heterocycles. The predicted molar refractivity (Wildman–Crippen MR) is 158 cm³/mol. The van der Waals surface area contributed by atoms with Crippen molar-refractivity contribution in [2.45, 2.75) is 38.3 Å². The van der Waals surface area contributed by atoms with E-state index >= 15 is 0 Å². The Morgan fingerprint density at radius 1 is 0.795 bits per heavy atom. The maximum absolute atomic E-state index is 12.7. The molecule has 4 aromatic carbocycles. The van der Waals surface area contributed by atoms with Gasteiger partial charge in [0, 0.05) is 11.6 Å². The largest absolute Gasteiger partial charge is 0.497 e. The molecule has 0 saturated carbocycles. The van der Waals surface area contributed by atoms with Gasteiger partial charge in [-0.15, -0.1) is 0 Å². The van der Waals surface area contributed by atoms with E-state index in [4.69, 9.17) is 4.74 Å². The van der Waals surface area contributed by atoms with E-state index in [1.165, 1.54) is 11.1 Å². The monoisotopic (exact) mass is 522 g/mol. The number of aliphatic hydroxyl groups excluding tert-OH is 1. The number of anilines is 1. The number of nitrogens with one attached hydrogen (secondary N) is 2. The first-order valence-corrected chi connectivity index (χ1v) is 13.6. The number of rotatable bonds is 13. The molecule has 5 heteroatoms. The molecule has 1 amide bonds. The fourth-order valence-corrected chi connectivity index (χ4v) is 4.96. The minimum atomic E-state index is -0.529. The van der Waals surface area contributed by atoms with Crippen LogP contribution in [0.1, 0.15) is 48.4 Å². The SMILES string of the molecule is COc1ccc(C(NCCCC[C@H](C)C(=O)Nc2ccc(CO)cc2)(c2ccccc2)c2ccccc2)cc1. The van der Waals surface area contributed by atoms with Gasteiger partial charge in [0.05, 0.1) is 19.3 Å². The van der Waals surface area contributed by atoms with Crippen molar-refractivity contribution in [1.82, 2.24) is 5.32 Å². The van der Waals surface area contributed by atoms with Gasteiger partial charge in [-0.25, -0.2) is 0 Å². The van der Waals surface area contributed by atoms with Crippen LogP contribution in [-0.4, -0.2) is 24.7 Å². The van der Waals surface area contributed by atoms with Gasteiger partial charge in [-0.2, -0.15) is 0 Å². The van der Waals surface area contributed by atoms with E-state index in [2.05, 4.69) is 71.3 Å². The van der Waals surface area contributed by atoms with Gasteiger partial charge >= 0.3 is 0 Å². The van der Waals surface area contributed by atoms with Crippen molar-refractivity contribution in [2.75, 3.05) is 19.0 Å². The van der Waals surface area contributed by atoms with Crippen molar-refractivity contribution in [3.8, 4) is 5.75 Å². The summed E-state index contributed by atoms with van der Waals surface area (Å²) in [5.41, 5.74) is 4.52. The van der Waals surface area contributed by atoms with Gasteiger partial charge in [-0.05, 0) is 65.9 Å². The second-order valence-electron chi connectivity index (χ2n) is 9.88. The molecule has 202 valence electrons. The van der Waals surface area contributed by atoms with Gasteiger partial charge in [0.25, 0.3) is 0 Å². The molecule has 0 unspecified atom stereocenters. The van der Waals surface area contributed by atoms with Crippen molar-refractivity contribution < 1.29 is 14.6 Å². The number of amides is 1. The summed E-state index contributed by atoms with van der Waals surface area (Å²) in [7, 11) is 1.68. The molecule has 1 atom stereocenters. The molecule has 0 fully saturated rings. The summed E-state index contributed by atoms with van der Waals surface area (Å²) >= 11 is 0. The highest BCUT2D eigenvalue weighted by Crippen LogP contribution is 2.37. The molecule has 4 rings (SSSR count). The van der Waals surface area contributed by atoms with Crippen LogP contribution in [0.15, 0.2) is 109 Å². The maximum Gasteiger partial charge on any atom is 0.227 e. The number of ether oxygens (including phenoxy) is 1. The van der Waals surface area contributed by atoms with Gasteiger partial charge in [-0.1, -0.05) is 98.3 Å². The smallest absolute Gasteiger partial charge is 0.227 e. The summed E-state index contributed by atoms with van der Waals surface area (Å²) in [6.07, 6.45) is 2.65. The lowest BCUT2D eigenvalue weighted by atomic mass is 9.77. The van der Waals surface area contributed by atoms with Crippen LogP contribution in [-0.2, 0) is 16.9 Å². The fourth-order valence-electron chi connectivity index (χ4n) is 4.96. The van der Waals surface area contributed by atoms with Crippen LogP contribution in [0.3, 0.4) is 0 Å². The Morgan fingerprint density at radius 2 is 1.36 bits per heavy atom. The number of hydrogen-bond donors (Lipinski definition) is 3. The van der Waals surface area contributed by atoms with E-state index < -0.39 is 5.54 Å². The van der Waals surface area contributed by atoms with Crippen LogP contribution >= 0.6 is 0 Å². The third-order valence-corrected chi connectivity index (χ3v) is 7.24. The molecule has 0 aromatic heterocycles. The molecule has 0 aliphatic rings. The van der Waals surface area contributed by atoms with Crippen molar-refractivity contribution in [3.63, 3.8) is 0 Å². The van der Waals surface area contributed by atoms with Crippen LogP contribution in [0.4, 0.5) is 5.69 Å². The highest BCUT2D eigenvalue weighted by atomic mass is 16.5. The normalized spacial score (nSPS) is 12.1. The van der Waals surface area contributed by atoms with Gasteiger partial charge in [-0.3, -0.25) is 10.1 Å². The lowest BCUT2D eigenvalue weighted by Crippen LogP contribution is -2.45. The summed E-state index contributed by atoms with van der Waals surface area (Å²) in [5.74, 6) is 0.739. The summed E-state index contributed by atoms with van der Waals surface area (Å²) in [5, 5.41) is 16.1. The molecule has 0 radical (unpaired) electrons. The van der Waals surface area contributed by atoms with Gasteiger partial charge < -0.3 is 15.2 Å². The van der Waals surface area contributed by atoms with E-state index in [1.54, 1.807) is 7.11 Å². The highest BCUT2D eigenvalue weighted by molar-refractivity contribution is 5.92. The minimum absolute atomic E-state index is 0.00698. The maximum atomic E-state index is 12.7. The summed E-state index contributed by atoms with van der Waals surface area (Å²) in [6.45, 7) is 2.75. The average Bonchev–Trinajstić information content (AvgIpc) is 3.00. The topological polar surface area (TPSA) is 70.6 Å². The first-order valence-electron chi connectivity index (χ1n) is 13.6. The number of methoxy groups -OCH3 is 1. The Hall–Kier alpha value is -3.93. The van der Waals surface area contributed by atoms with E-state index in [1.807, 2.05) is 55.5 Å². The Labute approximate surface area is 231 Å². The van der Waals surface area contributed by atoms with Crippen LogP contribution in [0.25, 0.3) is 0 Å². The van der Waals surface area contributed by atoms with E-state index in [9.17, 15) is 9.90 Å². The van der Waals surface area contributed by atoms with E-state index in [-0.39, 0.29) is 18.4 Å². The zero-order valence-electron chi connectivity index (χ0n) is 22.8. The molecular formula is C34H38N2O3. The predicted octanol–water partition coefficient (Wildman–Crippen LogP) is 6.51. The molecular weight excluding hydrogens is 484 g/mol. The Bertz CT molecular complexity index is 1250. The third-order valence-electron chi connectivity index (χ3n) is 7.24. The number of carbonyl (C=O) groups excluding carboxylic acids is 1. The zero-order valence-corrected chi connectivity index (χ0v) is 22.8. The molecule has 4 aromatic rings. The molecule has 3 N–H and O–H groups in total. The van der Waals surface area contributed by atoms with E-state index in [0.717, 1.165) is 48.4 Å². The average molecular weight is 523 g/mol. The number of aliphatic hydroxyl groups is 1.